The third-order valence-electron chi connectivity index (χ3n) is 3.89. The molecule has 22 heavy (non-hydrogen) atoms. The normalized spacial score (nSPS) is 18.2. The van der Waals surface area contributed by atoms with Crippen LogP contribution in [0.2, 0.25) is 0 Å². The average molecular weight is 313 g/mol. The molecule has 0 aliphatic carbocycles. The fourth-order valence-corrected chi connectivity index (χ4v) is 2.75. The number of hydrogen-bond donors (Lipinski definition) is 2. The lowest BCUT2D eigenvalue weighted by atomic mass is 10.1. The first-order chi connectivity index (χ1) is 10.8. The molecule has 1 rings (SSSR count). The number of hydrogen-bond acceptors (Lipinski definition) is 3. The average Bonchev–Trinajstić information content (AvgIpc) is 2.53. The lowest BCUT2D eigenvalue weighted by Gasteiger charge is -2.28. The van der Waals surface area contributed by atoms with Crippen LogP contribution in [0.3, 0.4) is 0 Å². The van der Waals surface area contributed by atoms with Crippen molar-refractivity contribution in [2.24, 2.45) is 10.9 Å². The molecule has 1 heterocycles. The molecule has 1 aliphatic rings. The number of guanidine groups is 1. The van der Waals surface area contributed by atoms with Gasteiger partial charge in [0.2, 0.25) is 0 Å². The Hall–Kier alpha value is -0.810. The number of piperidine rings is 1. The number of rotatable bonds is 10. The summed E-state index contributed by atoms with van der Waals surface area (Å²) in [4.78, 5) is 7.31. The van der Waals surface area contributed by atoms with Crippen LogP contribution in [0.1, 0.15) is 46.5 Å². The van der Waals surface area contributed by atoms with Gasteiger partial charge in [-0.2, -0.15) is 0 Å². The van der Waals surface area contributed by atoms with Gasteiger partial charge in [0.15, 0.2) is 5.96 Å². The van der Waals surface area contributed by atoms with Crippen molar-refractivity contribution in [1.29, 1.82) is 0 Å². The first kappa shape index (κ1) is 19.2. The molecule has 2 N–H and O–H groups in total. The molecule has 1 saturated heterocycles. The Bertz CT molecular complexity index is 290. The highest BCUT2D eigenvalue weighted by Crippen LogP contribution is 2.10. The van der Waals surface area contributed by atoms with Crippen molar-refractivity contribution >= 4 is 5.96 Å². The van der Waals surface area contributed by atoms with E-state index < -0.39 is 0 Å². The minimum absolute atomic E-state index is 0.608. The third-order valence-corrected chi connectivity index (χ3v) is 3.89. The van der Waals surface area contributed by atoms with Gasteiger partial charge in [0.25, 0.3) is 0 Å². The van der Waals surface area contributed by atoms with Gasteiger partial charge in [-0.25, -0.2) is 0 Å². The van der Waals surface area contributed by atoms with Gasteiger partial charge in [-0.3, -0.25) is 4.99 Å². The zero-order valence-corrected chi connectivity index (χ0v) is 14.9. The largest absolute Gasteiger partial charge is 0.382 e. The maximum Gasteiger partial charge on any atom is 0.191 e. The minimum Gasteiger partial charge on any atom is -0.382 e. The molecule has 0 aromatic rings. The van der Waals surface area contributed by atoms with Crippen molar-refractivity contribution in [2.45, 2.75) is 46.5 Å². The van der Waals surface area contributed by atoms with Gasteiger partial charge >= 0.3 is 0 Å². The second-order valence-electron chi connectivity index (χ2n) is 6.16. The number of ether oxygens (including phenoxy) is 1. The molecule has 0 saturated carbocycles. The van der Waals surface area contributed by atoms with Crippen LogP contribution in [-0.4, -0.2) is 63.3 Å². The van der Waals surface area contributed by atoms with Crippen molar-refractivity contribution in [2.75, 3.05) is 52.5 Å². The van der Waals surface area contributed by atoms with Crippen molar-refractivity contribution in [1.82, 2.24) is 15.5 Å². The van der Waals surface area contributed by atoms with Gasteiger partial charge in [0.05, 0.1) is 0 Å². The summed E-state index contributed by atoms with van der Waals surface area (Å²) in [6, 6.07) is 0. The molecule has 1 fully saturated rings. The highest BCUT2D eigenvalue weighted by molar-refractivity contribution is 5.79. The highest BCUT2D eigenvalue weighted by atomic mass is 16.5. The molecule has 130 valence electrons. The predicted molar refractivity (Wildman–Crippen MR) is 94.5 cm³/mol. The molecule has 5 nitrogen and oxygen atoms in total. The summed E-state index contributed by atoms with van der Waals surface area (Å²) < 4.78 is 5.35. The predicted octanol–water partition coefficient (Wildman–Crippen LogP) is 2.09. The Morgan fingerprint density at radius 3 is 2.64 bits per heavy atom. The monoisotopic (exact) mass is 312 g/mol. The van der Waals surface area contributed by atoms with Crippen LogP contribution in [0.5, 0.6) is 0 Å². The van der Waals surface area contributed by atoms with E-state index in [0.717, 1.165) is 45.2 Å². The Morgan fingerprint density at radius 2 is 1.95 bits per heavy atom. The molecule has 1 atom stereocenters. The van der Waals surface area contributed by atoms with E-state index in [-0.39, 0.29) is 0 Å². The second kappa shape index (κ2) is 12.7. The molecule has 0 radical (unpaired) electrons. The van der Waals surface area contributed by atoms with Gasteiger partial charge < -0.3 is 20.3 Å². The first-order valence-electron chi connectivity index (χ1n) is 9.08. The summed E-state index contributed by atoms with van der Waals surface area (Å²) in [5.41, 5.74) is 0. The molecule has 0 amide bonds. The molecule has 5 heteroatoms. The lowest BCUT2D eigenvalue weighted by molar-refractivity contribution is 0.145. The fraction of sp³-hybridized carbons (Fsp3) is 0.941. The van der Waals surface area contributed by atoms with Crippen molar-refractivity contribution < 1.29 is 4.74 Å². The SMILES string of the molecule is CCNC(=NCC(C)CN1CCCCC1)NCCCOCC. The summed E-state index contributed by atoms with van der Waals surface area (Å²) in [5.74, 6) is 1.54. The smallest absolute Gasteiger partial charge is 0.191 e. The van der Waals surface area contributed by atoms with E-state index in [9.17, 15) is 0 Å². The van der Waals surface area contributed by atoms with Crippen LogP contribution in [-0.2, 0) is 4.74 Å². The molecule has 0 spiro atoms. The minimum atomic E-state index is 0.608. The van der Waals surface area contributed by atoms with Crippen molar-refractivity contribution in [3.05, 3.63) is 0 Å². The van der Waals surface area contributed by atoms with Gasteiger partial charge in [0.1, 0.15) is 0 Å². The van der Waals surface area contributed by atoms with Crippen LogP contribution < -0.4 is 10.6 Å². The highest BCUT2D eigenvalue weighted by Gasteiger charge is 2.13. The molecule has 0 aromatic carbocycles. The zero-order valence-electron chi connectivity index (χ0n) is 14.9. The Kier molecular flexibility index (Phi) is 11.1. The molecular weight excluding hydrogens is 276 g/mol. The van der Waals surface area contributed by atoms with Crippen molar-refractivity contribution in [3.8, 4) is 0 Å². The van der Waals surface area contributed by atoms with E-state index in [1.807, 2.05) is 6.92 Å². The second-order valence-corrected chi connectivity index (χ2v) is 6.16. The van der Waals surface area contributed by atoms with E-state index in [1.54, 1.807) is 0 Å². The maximum absolute atomic E-state index is 5.35. The number of aliphatic imine (C=N–C) groups is 1. The van der Waals surface area contributed by atoms with Crippen LogP contribution in [0.25, 0.3) is 0 Å². The summed E-state index contributed by atoms with van der Waals surface area (Å²) in [6.07, 6.45) is 5.14. The summed E-state index contributed by atoms with van der Waals surface area (Å²) in [5, 5.41) is 6.70. The lowest BCUT2D eigenvalue weighted by Crippen LogP contribution is -2.39. The summed E-state index contributed by atoms with van der Waals surface area (Å²) >= 11 is 0. The molecular formula is C17H36N4O. The van der Waals surface area contributed by atoms with Gasteiger partial charge in [-0.1, -0.05) is 13.3 Å². The molecule has 1 unspecified atom stereocenters. The van der Waals surface area contributed by atoms with Crippen LogP contribution in [0.15, 0.2) is 4.99 Å². The van der Waals surface area contributed by atoms with Crippen LogP contribution in [0.4, 0.5) is 0 Å². The van der Waals surface area contributed by atoms with Crippen LogP contribution >= 0.6 is 0 Å². The quantitative estimate of drug-likeness (QED) is 0.368. The van der Waals surface area contributed by atoms with E-state index in [2.05, 4.69) is 29.4 Å². The molecule has 0 bridgehead atoms. The van der Waals surface area contributed by atoms with Crippen molar-refractivity contribution in [3.63, 3.8) is 0 Å². The van der Waals surface area contributed by atoms with E-state index in [1.165, 1.54) is 38.9 Å². The van der Waals surface area contributed by atoms with Crippen LogP contribution in [0, 0.1) is 5.92 Å². The Morgan fingerprint density at radius 1 is 1.18 bits per heavy atom. The Labute approximate surface area is 136 Å². The molecule has 0 aromatic heterocycles. The first-order valence-corrected chi connectivity index (χ1v) is 9.08. The molecule has 1 aliphatic heterocycles. The van der Waals surface area contributed by atoms with Gasteiger partial charge in [-0.05, 0) is 52.1 Å². The number of nitrogens with one attached hydrogen (secondary N) is 2. The van der Waals surface area contributed by atoms with E-state index >= 15 is 0 Å². The van der Waals surface area contributed by atoms with Gasteiger partial charge in [0, 0.05) is 39.4 Å². The summed E-state index contributed by atoms with van der Waals surface area (Å²) in [7, 11) is 0. The van der Waals surface area contributed by atoms with E-state index in [4.69, 9.17) is 9.73 Å². The van der Waals surface area contributed by atoms with E-state index in [0.29, 0.717) is 5.92 Å². The topological polar surface area (TPSA) is 48.9 Å². The van der Waals surface area contributed by atoms with Gasteiger partial charge in [-0.15, -0.1) is 0 Å². The fourth-order valence-electron chi connectivity index (χ4n) is 2.75. The number of nitrogens with zero attached hydrogens (tertiary/aromatic N) is 2. The number of likely N-dealkylation sites (tertiary alicyclic amines) is 1. The standard InChI is InChI=1S/C17H36N4O/c1-4-18-17(19-10-9-13-22-5-2)20-14-16(3)15-21-11-7-6-8-12-21/h16H,4-15H2,1-3H3,(H2,18,19,20). The Balaban J connectivity index is 2.23. The maximum atomic E-state index is 5.35. The zero-order chi connectivity index (χ0) is 16.0. The summed E-state index contributed by atoms with van der Waals surface area (Å²) in [6.45, 7) is 14.5. The third kappa shape index (κ3) is 9.26.